The first-order chi connectivity index (χ1) is 9.96. The van der Waals surface area contributed by atoms with Crippen LogP contribution in [0.15, 0.2) is 24.3 Å². The maximum Gasteiger partial charge on any atom is 0.387 e. The van der Waals surface area contributed by atoms with Crippen molar-refractivity contribution < 1.29 is 23.4 Å². The highest BCUT2D eigenvalue weighted by atomic mass is 19.3. The van der Waals surface area contributed by atoms with Crippen molar-refractivity contribution >= 4 is 11.7 Å². The minimum atomic E-state index is -2.97. The number of alkyl halides is 2. The molecule has 0 aliphatic heterocycles. The second kappa shape index (κ2) is 7.78. The van der Waals surface area contributed by atoms with Crippen LogP contribution in [0.2, 0.25) is 0 Å². The van der Waals surface area contributed by atoms with Crippen molar-refractivity contribution in [1.29, 1.82) is 0 Å². The Morgan fingerprint density at radius 3 is 2.48 bits per heavy atom. The van der Waals surface area contributed by atoms with Crippen LogP contribution in [0.25, 0.3) is 0 Å². The standard InChI is InChI=1S/C14H20F2N2O3/c1-3-14(4-2,9-19)18-13(20)17-10-7-5-6-8-11(10)21-12(15)16/h5-8,12,19H,3-4,9H2,1-2H3,(H2,17,18,20). The molecule has 1 aromatic carbocycles. The highest BCUT2D eigenvalue weighted by Crippen LogP contribution is 2.25. The zero-order valence-electron chi connectivity index (χ0n) is 12.0. The van der Waals surface area contributed by atoms with Gasteiger partial charge in [-0.15, -0.1) is 0 Å². The molecule has 0 aliphatic rings. The van der Waals surface area contributed by atoms with Crippen LogP contribution in [0.4, 0.5) is 19.3 Å². The van der Waals surface area contributed by atoms with Crippen LogP contribution in [0.1, 0.15) is 26.7 Å². The molecule has 2 amide bonds. The zero-order valence-corrected chi connectivity index (χ0v) is 12.0. The summed E-state index contributed by atoms with van der Waals surface area (Å²) in [5, 5.41) is 14.5. The molecular weight excluding hydrogens is 282 g/mol. The van der Waals surface area contributed by atoms with E-state index >= 15 is 0 Å². The molecule has 0 saturated heterocycles. The van der Waals surface area contributed by atoms with E-state index < -0.39 is 18.2 Å². The first-order valence-electron chi connectivity index (χ1n) is 6.70. The monoisotopic (exact) mass is 302 g/mol. The van der Waals surface area contributed by atoms with Gasteiger partial charge in [0, 0.05) is 0 Å². The maximum atomic E-state index is 12.3. The number of carbonyl (C=O) groups is 1. The van der Waals surface area contributed by atoms with Crippen molar-refractivity contribution in [1.82, 2.24) is 5.32 Å². The van der Waals surface area contributed by atoms with Crippen LogP contribution in [0, 0.1) is 0 Å². The number of carbonyl (C=O) groups excluding carboxylic acids is 1. The van der Waals surface area contributed by atoms with Gasteiger partial charge in [0.15, 0.2) is 0 Å². The Morgan fingerprint density at radius 2 is 1.95 bits per heavy atom. The number of aliphatic hydroxyl groups excluding tert-OH is 1. The summed E-state index contributed by atoms with van der Waals surface area (Å²) in [5.41, 5.74) is -0.600. The van der Waals surface area contributed by atoms with Gasteiger partial charge in [-0.1, -0.05) is 26.0 Å². The summed E-state index contributed by atoms with van der Waals surface area (Å²) in [6, 6.07) is 5.32. The Labute approximate surface area is 122 Å². The maximum absolute atomic E-state index is 12.3. The van der Waals surface area contributed by atoms with Gasteiger partial charge in [0.1, 0.15) is 5.75 Å². The first-order valence-corrected chi connectivity index (χ1v) is 6.70. The quantitative estimate of drug-likeness (QED) is 0.725. The van der Waals surface area contributed by atoms with Gasteiger partial charge in [0.25, 0.3) is 0 Å². The van der Waals surface area contributed by atoms with E-state index in [4.69, 9.17) is 0 Å². The minimum absolute atomic E-state index is 0.120. The second-order valence-electron chi connectivity index (χ2n) is 4.60. The largest absolute Gasteiger partial charge is 0.433 e. The lowest BCUT2D eigenvalue weighted by Gasteiger charge is -2.30. The number of anilines is 1. The summed E-state index contributed by atoms with van der Waals surface area (Å²) < 4.78 is 28.9. The topological polar surface area (TPSA) is 70.6 Å². The summed E-state index contributed by atoms with van der Waals surface area (Å²) >= 11 is 0. The number of hydrogen-bond acceptors (Lipinski definition) is 3. The molecule has 118 valence electrons. The number of ether oxygens (including phenoxy) is 1. The molecule has 7 heteroatoms. The van der Waals surface area contributed by atoms with E-state index in [2.05, 4.69) is 15.4 Å². The molecule has 0 saturated carbocycles. The molecule has 0 bridgehead atoms. The molecule has 0 radical (unpaired) electrons. The number of nitrogens with one attached hydrogen (secondary N) is 2. The molecule has 0 aromatic heterocycles. The van der Waals surface area contributed by atoms with E-state index in [1.165, 1.54) is 18.2 Å². The molecule has 5 nitrogen and oxygen atoms in total. The SMILES string of the molecule is CCC(CC)(CO)NC(=O)Nc1ccccc1OC(F)F. The third-order valence-corrected chi connectivity index (χ3v) is 3.39. The number of urea groups is 1. The number of rotatable bonds is 7. The van der Waals surface area contributed by atoms with Crippen LogP contribution in [0.5, 0.6) is 5.75 Å². The summed E-state index contributed by atoms with van der Waals surface area (Å²) in [6.45, 7) is 0.503. The van der Waals surface area contributed by atoms with Gasteiger partial charge in [-0.25, -0.2) is 4.79 Å². The van der Waals surface area contributed by atoms with E-state index in [0.717, 1.165) is 0 Å². The number of hydrogen-bond donors (Lipinski definition) is 3. The van der Waals surface area contributed by atoms with Crippen LogP contribution in [-0.2, 0) is 0 Å². The summed E-state index contributed by atoms with van der Waals surface area (Å²) in [4.78, 5) is 12.0. The molecule has 21 heavy (non-hydrogen) atoms. The lowest BCUT2D eigenvalue weighted by molar-refractivity contribution is -0.0493. The lowest BCUT2D eigenvalue weighted by Crippen LogP contribution is -2.52. The van der Waals surface area contributed by atoms with Crippen molar-refractivity contribution in [3.63, 3.8) is 0 Å². The Kier molecular flexibility index (Phi) is 6.36. The van der Waals surface area contributed by atoms with Gasteiger partial charge >= 0.3 is 12.6 Å². The fourth-order valence-electron chi connectivity index (χ4n) is 1.85. The average Bonchev–Trinajstić information content (AvgIpc) is 2.46. The van der Waals surface area contributed by atoms with Crippen LogP contribution in [-0.4, -0.2) is 29.9 Å². The highest BCUT2D eigenvalue weighted by Gasteiger charge is 2.27. The van der Waals surface area contributed by atoms with Crippen molar-refractivity contribution in [2.24, 2.45) is 0 Å². The molecule has 1 rings (SSSR count). The van der Waals surface area contributed by atoms with Gasteiger partial charge in [0.05, 0.1) is 17.8 Å². The van der Waals surface area contributed by atoms with E-state index in [9.17, 15) is 18.7 Å². The van der Waals surface area contributed by atoms with E-state index in [0.29, 0.717) is 12.8 Å². The summed E-state index contributed by atoms with van der Waals surface area (Å²) in [6.07, 6.45) is 1.09. The molecule has 0 fully saturated rings. The molecule has 0 heterocycles. The summed E-state index contributed by atoms with van der Waals surface area (Å²) in [7, 11) is 0. The van der Waals surface area contributed by atoms with Crippen molar-refractivity contribution in [2.75, 3.05) is 11.9 Å². The normalized spacial score (nSPS) is 11.3. The second-order valence-corrected chi connectivity index (χ2v) is 4.60. The van der Waals surface area contributed by atoms with E-state index in [1.807, 2.05) is 13.8 Å². The number of benzene rings is 1. The minimum Gasteiger partial charge on any atom is -0.433 e. The molecular formula is C14H20F2N2O3. The molecule has 0 atom stereocenters. The van der Waals surface area contributed by atoms with Crippen molar-refractivity contribution in [3.8, 4) is 5.75 Å². The third kappa shape index (κ3) is 4.86. The van der Waals surface area contributed by atoms with Crippen molar-refractivity contribution in [3.05, 3.63) is 24.3 Å². The Hall–Kier alpha value is -1.89. The van der Waals surface area contributed by atoms with E-state index in [-0.39, 0.29) is 18.0 Å². The first kappa shape index (κ1) is 17.2. The Balaban J connectivity index is 2.79. The predicted octanol–water partition coefficient (Wildman–Crippen LogP) is 2.96. The molecule has 3 N–H and O–H groups in total. The number of para-hydroxylation sites is 2. The predicted molar refractivity (Wildman–Crippen MR) is 75.6 cm³/mol. The van der Waals surface area contributed by atoms with E-state index in [1.54, 1.807) is 6.07 Å². The number of halogens is 2. The van der Waals surface area contributed by atoms with Gasteiger partial charge < -0.3 is 20.5 Å². The van der Waals surface area contributed by atoms with Gasteiger partial charge in [-0.3, -0.25) is 0 Å². The van der Waals surface area contributed by atoms with Crippen LogP contribution >= 0.6 is 0 Å². The highest BCUT2D eigenvalue weighted by molar-refractivity contribution is 5.91. The van der Waals surface area contributed by atoms with Gasteiger partial charge in [-0.05, 0) is 25.0 Å². The lowest BCUT2D eigenvalue weighted by atomic mass is 9.94. The molecule has 1 aromatic rings. The zero-order chi connectivity index (χ0) is 15.9. The van der Waals surface area contributed by atoms with Crippen LogP contribution < -0.4 is 15.4 Å². The Morgan fingerprint density at radius 1 is 1.33 bits per heavy atom. The van der Waals surface area contributed by atoms with Crippen LogP contribution in [0.3, 0.4) is 0 Å². The van der Waals surface area contributed by atoms with Gasteiger partial charge in [-0.2, -0.15) is 8.78 Å². The fraction of sp³-hybridized carbons (Fsp3) is 0.500. The number of aliphatic hydroxyl groups is 1. The molecule has 0 aliphatic carbocycles. The molecule has 0 unspecified atom stereocenters. The molecule has 0 spiro atoms. The number of amides is 2. The Bertz CT molecular complexity index is 457. The third-order valence-electron chi connectivity index (χ3n) is 3.39. The summed E-state index contributed by atoms with van der Waals surface area (Å²) in [5.74, 6) is -0.120. The smallest absolute Gasteiger partial charge is 0.387 e. The van der Waals surface area contributed by atoms with Gasteiger partial charge in [0.2, 0.25) is 0 Å². The van der Waals surface area contributed by atoms with Crippen molar-refractivity contribution in [2.45, 2.75) is 38.8 Å². The fourth-order valence-corrected chi connectivity index (χ4v) is 1.85. The average molecular weight is 302 g/mol.